The molecule has 2 aliphatic rings. The third-order valence-electron chi connectivity index (χ3n) is 4.33. The van der Waals surface area contributed by atoms with Crippen molar-refractivity contribution in [2.24, 2.45) is 10.8 Å². The van der Waals surface area contributed by atoms with Crippen LogP contribution >= 0.6 is 0 Å². The number of hydrogen-bond donors (Lipinski definition) is 0. The Morgan fingerprint density at radius 1 is 1.00 bits per heavy atom. The van der Waals surface area contributed by atoms with Crippen LogP contribution in [0.1, 0.15) is 72.6 Å². The smallest absolute Gasteiger partial charge is 0.0292 e. The van der Waals surface area contributed by atoms with Crippen molar-refractivity contribution in [2.45, 2.75) is 72.6 Å². The molecule has 2 saturated carbocycles. The van der Waals surface area contributed by atoms with E-state index in [0.29, 0.717) is 0 Å². The monoisotopic (exact) mass is 182 g/mol. The van der Waals surface area contributed by atoms with Crippen LogP contribution in [0.4, 0.5) is 0 Å². The molecule has 1 spiro atoms. The van der Waals surface area contributed by atoms with Crippen LogP contribution in [-0.4, -0.2) is 0 Å². The van der Waals surface area contributed by atoms with Gasteiger partial charge in [-0.15, -0.1) is 0 Å². The molecule has 0 aromatic heterocycles. The molecule has 78 valence electrons. The van der Waals surface area contributed by atoms with Crippen molar-refractivity contribution < 1.29 is 0 Å². The van der Waals surface area contributed by atoms with Gasteiger partial charge < -0.3 is 0 Å². The lowest BCUT2D eigenvalue weighted by molar-refractivity contribution is 0.120. The third-order valence-corrected chi connectivity index (χ3v) is 4.33. The van der Waals surface area contributed by atoms with E-state index in [1.54, 1.807) is 12.8 Å². The first kappa shape index (κ1) is 11.1. The summed E-state index contributed by atoms with van der Waals surface area (Å²) >= 11 is 0. The molecule has 0 aliphatic heterocycles. The van der Waals surface area contributed by atoms with Crippen molar-refractivity contribution in [3.8, 4) is 0 Å². The van der Waals surface area contributed by atoms with E-state index in [9.17, 15) is 0 Å². The highest BCUT2D eigenvalue weighted by Gasteiger charge is 2.47. The van der Waals surface area contributed by atoms with Crippen LogP contribution < -0.4 is 0 Å². The van der Waals surface area contributed by atoms with Crippen molar-refractivity contribution in [3.05, 3.63) is 0 Å². The Bertz CT molecular complexity index is 146. The fourth-order valence-electron chi connectivity index (χ4n) is 3.05. The molecule has 0 saturated heterocycles. The molecule has 0 aromatic rings. The maximum atomic E-state index is 2.49. The van der Waals surface area contributed by atoms with Gasteiger partial charge in [0.15, 0.2) is 0 Å². The SMILES string of the molecule is CC.CCC1(C)CCC2(CCC2)C1. The Labute approximate surface area is 84.1 Å². The minimum absolute atomic E-state index is 0.723. The summed E-state index contributed by atoms with van der Waals surface area (Å²) in [5.74, 6) is 0. The minimum Gasteiger partial charge on any atom is -0.0683 e. The van der Waals surface area contributed by atoms with Gasteiger partial charge in [-0.25, -0.2) is 0 Å². The van der Waals surface area contributed by atoms with Gasteiger partial charge in [-0.3, -0.25) is 0 Å². The maximum absolute atomic E-state index is 2.49. The van der Waals surface area contributed by atoms with Crippen LogP contribution in [0.15, 0.2) is 0 Å². The van der Waals surface area contributed by atoms with Crippen molar-refractivity contribution in [3.63, 3.8) is 0 Å². The first-order valence-electron chi connectivity index (χ1n) is 6.18. The highest BCUT2D eigenvalue weighted by molar-refractivity contribution is 4.99. The van der Waals surface area contributed by atoms with Gasteiger partial charge in [-0.05, 0) is 42.9 Å². The van der Waals surface area contributed by atoms with Gasteiger partial charge in [0.1, 0.15) is 0 Å². The zero-order valence-corrected chi connectivity index (χ0v) is 9.95. The summed E-state index contributed by atoms with van der Waals surface area (Å²) in [7, 11) is 0. The van der Waals surface area contributed by atoms with Gasteiger partial charge >= 0.3 is 0 Å². The minimum atomic E-state index is 0.723. The summed E-state index contributed by atoms with van der Waals surface area (Å²) in [5.41, 5.74) is 1.57. The van der Waals surface area contributed by atoms with Crippen molar-refractivity contribution in [1.29, 1.82) is 0 Å². The van der Waals surface area contributed by atoms with Crippen LogP contribution in [0.5, 0.6) is 0 Å². The van der Waals surface area contributed by atoms with Crippen LogP contribution in [-0.2, 0) is 0 Å². The average molecular weight is 182 g/mol. The van der Waals surface area contributed by atoms with Gasteiger partial charge in [-0.1, -0.05) is 40.5 Å². The molecule has 2 rings (SSSR count). The maximum Gasteiger partial charge on any atom is -0.0292 e. The Hall–Kier alpha value is 0. The second-order valence-corrected chi connectivity index (χ2v) is 5.19. The summed E-state index contributed by atoms with van der Waals surface area (Å²) < 4.78 is 0. The lowest BCUT2D eigenvalue weighted by Gasteiger charge is -2.40. The fourth-order valence-corrected chi connectivity index (χ4v) is 3.05. The molecule has 0 heterocycles. The van der Waals surface area contributed by atoms with Crippen LogP contribution in [0.2, 0.25) is 0 Å². The van der Waals surface area contributed by atoms with Crippen LogP contribution in [0.25, 0.3) is 0 Å². The van der Waals surface area contributed by atoms with E-state index in [-0.39, 0.29) is 0 Å². The van der Waals surface area contributed by atoms with Crippen LogP contribution in [0.3, 0.4) is 0 Å². The molecule has 2 aliphatic carbocycles. The summed E-state index contributed by atoms with van der Waals surface area (Å²) in [4.78, 5) is 0. The topological polar surface area (TPSA) is 0 Å². The zero-order chi connectivity index (χ0) is 9.95. The van der Waals surface area contributed by atoms with Gasteiger partial charge in [-0.2, -0.15) is 0 Å². The summed E-state index contributed by atoms with van der Waals surface area (Å²) in [6.07, 6.45) is 10.6. The van der Waals surface area contributed by atoms with E-state index in [1.165, 1.54) is 32.1 Å². The Kier molecular flexibility index (Phi) is 3.43. The molecular weight excluding hydrogens is 156 g/mol. The largest absolute Gasteiger partial charge is 0.0683 e. The molecule has 2 fully saturated rings. The standard InChI is InChI=1S/C11H20.C2H6/c1-3-10(2)7-8-11(9-10)5-4-6-11;1-2/h3-9H2,1-2H3;1-2H3. The Morgan fingerprint density at radius 3 is 1.85 bits per heavy atom. The second kappa shape index (κ2) is 4.02. The van der Waals surface area contributed by atoms with Gasteiger partial charge in [0.2, 0.25) is 0 Å². The quantitative estimate of drug-likeness (QED) is 0.547. The molecule has 1 unspecified atom stereocenters. The van der Waals surface area contributed by atoms with Crippen molar-refractivity contribution in [2.75, 3.05) is 0 Å². The zero-order valence-electron chi connectivity index (χ0n) is 9.95. The average Bonchev–Trinajstić information content (AvgIpc) is 2.48. The summed E-state index contributed by atoms with van der Waals surface area (Å²) in [6, 6.07) is 0. The van der Waals surface area contributed by atoms with Crippen LogP contribution in [0, 0.1) is 10.8 Å². The Morgan fingerprint density at radius 2 is 1.62 bits per heavy atom. The normalized spacial score (nSPS) is 35.1. The Balaban J connectivity index is 0.000000396. The van der Waals surface area contributed by atoms with E-state index < -0.39 is 0 Å². The molecule has 0 bridgehead atoms. The molecule has 0 radical (unpaired) electrons. The molecule has 0 nitrogen and oxygen atoms in total. The van der Waals surface area contributed by atoms with Gasteiger partial charge in [0, 0.05) is 0 Å². The van der Waals surface area contributed by atoms with Crippen molar-refractivity contribution in [1.82, 2.24) is 0 Å². The molecule has 0 heteroatoms. The number of hydrogen-bond acceptors (Lipinski definition) is 0. The number of rotatable bonds is 1. The first-order chi connectivity index (χ1) is 6.18. The molecular formula is C13H26. The second-order valence-electron chi connectivity index (χ2n) is 5.19. The molecule has 13 heavy (non-hydrogen) atoms. The summed E-state index contributed by atoms with van der Waals surface area (Å²) in [6.45, 7) is 8.84. The molecule has 0 N–H and O–H groups in total. The fraction of sp³-hybridized carbons (Fsp3) is 1.00. The van der Waals surface area contributed by atoms with Gasteiger partial charge in [0.05, 0.1) is 0 Å². The molecule has 0 aromatic carbocycles. The highest BCUT2D eigenvalue weighted by atomic mass is 14.5. The van der Waals surface area contributed by atoms with Crippen molar-refractivity contribution >= 4 is 0 Å². The summed E-state index contributed by atoms with van der Waals surface area (Å²) in [5, 5.41) is 0. The lowest BCUT2D eigenvalue weighted by atomic mass is 9.66. The van der Waals surface area contributed by atoms with Gasteiger partial charge in [0.25, 0.3) is 0 Å². The highest BCUT2D eigenvalue weighted by Crippen LogP contribution is 2.60. The van der Waals surface area contributed by atoms with E-state index in [4.69, 9.17) is 0 Å². The predicted octanol–water partition coefficient (Wildman–Crippen LogP) is 4.78. The van der Waals surface area contributed by atoms with E-state index in [1.807, 2.05) is 13.8 Å². The first-order valence-corrected chi connectivity index (χ1v) is 6.18. The van der Waals surface area contributed by atoms with E-state index >= 15 is 0 Å². The molecule has 0 amide bonds. The lowest BCUT2D eigenvalue weighted by Crippen LogP contribution is -2.27. The van der Waals surface area contributed by atoms with E-state index in [2.05, 4.69) is 13.8 Å². The molecule has 1 atom stereocenters. The van der Waals surface area contributed by atoms with E-state index in [0.717, 1.165) is 10.8 Å². The third kappa shape index (κ3) is 2.08. The predicted molar refractivity (Wildman–Crippen MR) is 59.9 cm³/mol.